The number of ether oxygens (including phenoxy) is 2. The van der Waals surface area contributed by atoms with Crippen LogP contribution in [0.25, 0.3) is 0 Å². The lowest BCUT2D eigenvalue weighted by molar-refractivity contribution is 0.390. The third-order valence-corrected chi connectivity index (χ3v) is 2.86. The molecule has 0 bridgehead atoms. The highest BCUT2D eigenvalue weighted by Crippen LogP contribution is 2.24. The maximum absolute atomic E-state index is 5.36. The number of hydrogen-bond donors (Lipinski definition) is 1. The summed E-state index contributed by atoms with van der Waals surface area (Å²) in [5.41, 5.74) is 2.27. The summed E-state index contributed by atoms with van der Waals surface area (Å²) in [4.78, 5) is 4.09. The summed E-state index contributed by atoms with van der Waals surface area (Å²) in [6.45, 7) is 1.52. The van der Waals surface area contributed by atoms with Gasteiger partial charge >= 0.3 is 0 Å². The summed E-state index contributed by atoms with van der Waals surface area (Å²) < 4.78 is 10.5. The Balaban J connectivity index is 0.00000200. The van der Waals surface area contributed by atoms with Gasteiger partial charge in [-0.25, -0.2) is 0 Å². The van der Waals surface area contributed by atoms with Crippen molar-refractivity contribution in [1.29, 1.82) is 0 Å². The minimum atomic E-state index is 0. The lowest BCUT2D eigenvalue weighted by atomic mass is 10.2. The number of aromatic nitrogens is 1. The van der Waals surface area contributed by atoms with Gasteiger partial charge in [0.05, 0.1) is 14.2 Å². The first-order chi connectivity index (χ1) is 9.33. The number of halogens is 1. The van der Waals surface area contributed by atoms with E-state index in [9.17, 15) is 0 Å². The average molecular weight is 295 g/mol. The maximum atomic E-state index is 5.36. The summed E-state index contributed by atoms with van der Waals surface area (Å²) in [6.07, 6.45) is 3.63. The summed E-state index contributed by atoms with van der Waals surface area (Å²) >= 11 is 0. The third kappa shape index (κ3) is 4.40. The lowest BCUT2D eigenvalue weighted by Gasteiger charge is -2.11. The fraction of sp³-hybridized carbons (Fsp3) is 0.267. The minimum Gasteiger partial charge on any atom is -0.497 e. The first kappa shape index (κ1) is 16.3. The van der Waals surface area contributed by atoms with Crippen molar-refractivity contribution < 1.29 is 9.47 Å². The lowest BCUT2D eigenvalue weighted by Crippen LogP contribution is -2.13. The molecule has 0 amide bonds. The second-order valence-corrected chi connectivity index (χ2v) is 4.14. The van der Waals surface area contributed by atoms with Crippen LogP contribution >= 0.6 is 12.4 Å². The molecule has 5 heteroatoms. The molecule has 0 atom stereocenters. The van der Waals surface area contributed by atoms with Crippen LogP contribution in [-0.4, -0.2) is 19.2 Å². The number of nitrogens with zero attached hydrogens (tertiary/aromatic N) is 1. The van der Waals surface area contributed by atoms with Crippen LogP contribution in [0, 0.1) is 0 Å². The molecule has 0 unspecified atom stereocenters. The zero-order valence-electron chi connectivity index (χ0n) is 11.6. The van der Waals surface area contributed by atoms with Gasteiger partial charge in [-0.15, -0.1) is 12.4 Å². The van der Waals surface area contributed by atoms with Gasteiger partial charge in [-0.1, -0.05) is 12.1 Å². The van der Waals surface area contributed by atoms with Gasteiger partial charge in [-0.3, -0.25) is 4.98 Å². The van der Waals surface area contributed by atoms with Gasteiger partial charge in [0.15, 0.2) is 0 Å². The Labute approximate surface area is 125 Å². The number of benzene rings is 1. The minimum absolute atomic E-state index is 0. The Kier molecular flexibility index (Phi) is 6.84. The molecular formula is C15H19ClN2O2. The van der Waals surface area contributed by atoms with E-state index in [-0.39, 0.29) is 12.4 Å². The highest BCUT2D eigenvalue weighted by atomic mass is 35.5. The van der Waals surface area contributed by atoms with Gasteiger partial charge in [0, 0.05) is 37.1 Å². The van der Waals surface area contributed by atoms with Gasteiger partial charge in [-0.2, -0.15) is 0 Å². The van der Waals surface area contributed by atoms with Crippen LogP contribution in [-0.2, 0) is 13.1 Å². The van der Waals surface area contributed by atoms with Gasteiger partial charge < -0.3 is 14.8 Å². The highest BCUT2D eigenvalue weighted by Gasteiger charge is 2.04. The monoisotopic (exact) mass is 294 g/mol. The van der Waals surface area contributed by atoms with Crippen molar-refractivity contribution in [2.75, 3.05) is 14.2 Å². The molecule has 1 heterocycles. The third-order valence-electron chi connectivity index (χ3n) is 2.86. The van der Waals surface area contributed by atoms with Crippen LogP contribution < -0.4 is 14.8 Å². The van der Waals surface area contributed by atoms with E-state index in [1.54, 1.807) is 20.4 Å². The van der Waals surface area contributed by atoms with Crippen molar-refractivity contribution in [1.82, 2.24) is 10.3 Å². The van der Waals surface area contributed by atoms with Crippen molar-refractivity contribution >= 4 is 12.4 Å². The van der Waals surface area contributed by atoms with Crippen molar-refractivity contribution in [3.63, 3.8) is 0 Å². The summed E-state index contributed by atoms with van der Waals surface area (Å²) in [7, 11) is 3.31. The Morgan fingerprint density at radius 2 is 1.95 bits per heavy atom. The molecule has 0 aliphatic rings. The molecular weight excluding hydrogens is 276 g/mol. The summed E-state index contributed by atoms with van der Waals surface area (Å²) in [5, 5.41) is 3.37. The van der Waals surface area contributed by atoms with E-state index in [2.05, 4.69) is 10.3 Å². The standard InChI is InChI=1S/C15H18N2O2.ClH/c1-18-14-6-5-13(15(8-14)19-2)11-17-10-12-4-3-7-16-9-12;/h3-9,17H,10-11H2,1-2H3;1H. The van der Waals surface area contributed by atoms with E-state index in [1.807, 2.05) is 36.5 Å². The summed E-state index contributed by atoms with van der Waals surface area (Å²) in [5.74, 6) is 1.63. The highest BCUT2D eigenvalue weighted by molar-refractivity contribution is 5.85. The first-order valence-corrected chi connectivity index (χ1v) is 6.14. The fourth-order valence-electron chi connectivity index (χ4n) is 1.84. The van der Waals surface area contributed by atoms with Gasteiger partial charge in [0.2, 0.25) is 0 Å². The Bertz CT molecular complexity index is 521. The number of hydrogen-bond acceptors (Lipinski definition) is 4. The number of rotatable bonds is 6. The molecule has 0 radical (unpaired) electrons. The molecule has 108 valence electrons. The van der Waals surface area contributed by atoms with Crippen molar-refractivity contribution in [3.8, 4) is 11.5 Å². The van der Waals surface area contributed by atoms with E-state index in [0.29, 0.717) is 0 Å². The molecule has 0 fully saturated rings. The Morgan fingerprint density at radius 1 is 1.10 bits per heavy atom. The molecule has 1 N–H and O–H groups in total. The van der Waals surface area contributed by atoms with Gasteiger partial charge in [-0.05, 0) is 17.7 Å². The molecule has 0 spiro atoms. The van der Waals surface area contributed by atoms with Crippen molar-refractivity contribution in [2.24, 2.45) is 0 Å². The number of nitrogens with one attached hydrogen (secondary N) is 1. The van der Waals surface area contributed by atoms with Crippen LogP contribution in [0.4, 0.5) is 0 Å². The molecule has 0 saturated heterocycles. The van der Waals surface area contributed by atoms with Crippen LogP contribution in [0.2, 0.25) is 0 Å². The molecule has 0 aliphatic carbocycles. The number of methoxy groups -OCH3 is 2. The van der Waals surface area contributed by atoms with Crippen LogP contribution in [0.15, 0.2) is 42.7 Å². The predicted octanol–water partition coefficient (Wildman–Crippen LogP) is 2.81. The normalized spacial score (nSPS) is 9.70. The predicted molar refractivity (Wildman–Crippen MR) is 81.6 cm³/mol. The van der Waals surface area contributed by atoms with E-state index in [0.717, 1.165) is 35.7 Å². The second-order valence-electron chi connectivity index (χ2n) is 4.14. The zero-order valence-corrected chi connectivity index (χ0v) is 12.4. The molecule has 1 aromatic carbocycles. The SMILES string of the molecule is COc1ccc(CNCc2cccnc2)c(OC)c1.Cl. The average Bonchev–Trinajstić information content (AvgIpc) is 2.48. The zero-order chi connectivity index (χ0) is 13.5. The molecule has 4 nitrogen and oxygen atoms in total. The van der Waals surface area contributed by atoms with Crippen LogP contribution in [0.1, 0.15) is 11.1 Å². The molecule has 1 aromatic heterocycles. The molecule has 20 heavy (non-hydrogen) atoms. The van der Waals surface area contributed by atoms with Gasteiger partial charge in [0.25, 0.3) is 0 Å². The Morgan fingerprint density at radius 3 is 2.60 bits per heavy atom. The Hall–Kier alpha value is -1.78. The van der Waals surface area contributed by atoms with Crippen LogP contribution in [0.5, 0.6) is 11.5 Å². The molecule has 2 aromatic rings. The number of pyridine rings is 1. The molecule has 0 aliphatic heterocycles. The fourth-order valence-corrected chi connectivity index (χ4v) is 1.84. The topological polar surface area (TPSA) is 43.4 Å². The quantitative estimate of drug-likeness (QED) is 0.890. The smallest absolute Gasteiger partial charge is 0.127 e. The van der Waals surface area contributed by atoms with Crippen molar-refractivity contribution in [2.45, 2.75) is 13.1 Å². The molecule has 2 rings (SSSR count). The van der Waals surface area contributed by atoms with E-state index < -0.39 is 0 Å². The van der Waals surface area contributed by atoms with Crippen LogP contribution in [0.3, 0.4) is 0 Å². The summed E-state index contributed by atoms with van der Waals surface area (Å²) in [6, 6.07) is 9.81. The van der Waals surface area contributed by atoms with Crippen molar-refractivity contribution in [3.05, 3.63) is 53.9 Å². The van der Waals surface area contributed by atoms with E-state index in [1.165, 1.54) is 0 Å². The second kappa shape index (κ2) is 8.40. The maximum Gasteiger partial charge on any atom is 0.127 e. The largest absolute Gasteiger partial charge is 0.497 e. The van der Waals surface area contributed by atoms with E-state index in [4.69, 9.17) is 9.47 Å². The van der Waals surface area contributed by atoms with Gasteiger partial charge in [0.1, 0.15) is 11.5 Å². The molecule has 0 saturated carbocycles. The van der Waals surface area contributed by atoms with E-state index >= 15 is 0 Å². The first-order valence-electron chi connectivity index (χ1n) is 6.14.